The molecule has 35 heteroatoms. The Labute approximate surface area is 503 Å². The van der Waals surface area contributed by atoms with E-state index in [4.69, 9.17) is 31.3 Å². The van der Waals surface area contributed by atoms with Gasteiger partial charge in [0.2, 0.25) is 0 Å². The number of nitrogens with two attached hydrogens (primary N) is 1. The average Bonchev–Trinajstić information content (AvgIpc) is 3.40. The number of hydrogen-bond donors (Lipinski definition) is 6. The molecule has 6 aromatic rings. The fourth-order valence-corrected chi connectivity index (χ4v) is 5.31. The second-order valence-electron chi connectivity index (χ2n) is 14.9. The predicted molar refractivity (Wildman–Crippen MR) is 241 cm³/mol. The molecule has 0 heterocycles. The van der Waals surface area contributed by atoms with Gasteiger partial charge in [-0.3, -0.25) is 20.2 Å². The number of carboxylic acids is 2. The molecule has 0 fully saturated rings. The van der Waals surface area contributed by atoms with Crippen LogP contribution in [-0.2, 0) is 122 Å². The largest absolute Gasteiger partial charge is 0.478 e. The van der Waals surface area contributed by atoms with Gasteiger partial charge >= 0.3 is 49.0 Å². The quantitative estimate of drug-likeness (QED) is 0.0207. The molecule has 0 aliphatic carbocycles. The summed E-state index contributed by atoms with van der Waals surface area (Å²) in [6.45, 7) is -1.13. The first kappa shape index (κ1) is 78.4. The minimum Gasteiger partial charge on any atom is -0.478 e. The Bertz CT molecular complexity index is 3070. The number of aldehydes is 1. The van der Waals surface area contributed by atoms with Gasteiger partial charge in [0.05, 0.1) is 51.6 Å². The van der Waals surface area contributed by atoms with E-state index in [1.165, 1.54) is 12.1 Å². The van der Waals surface area contributed by atoms with Crippen LogP contribution in [0.5, 0.6) is 0 Å². The third kappa shape index (κ3) is 27.1. The summed E-state index contributed by atoms with van der Waals surface area (Å²) >= 11 is 0. The van der Waals surface area contributed by atoms with Gasteiger partial charge in [-0.2, -0.15) is 128 Å². The number of nitrogens with zero attached hydrogens (tertiary/aromatic N) is 2. The third-order valence-electron chi connectivity index (χ3n) is 9.20. The Morgan fingerprint density at radius 3 is 1.14 bits per heavy atom. The zero-order valence-electron chi connectivity index (χ0n) is 40.7. The van der Waals surface area contributed by atoms with E-state index < -0.39 is 116 Å². The second kappa shape index (κ2) is 33.6. The van der Waals surface area contributed by atoms with Crippen LogP contribution < -0.4 is 5.73 Å². The number of nitrogen functional groups attached to an aromatic ring is 1. The fourth-order valence-electron chi connectivity index (χ4n) is 5.31. The van der Waals surface area contributed by atoms with E-state index in [2.05, 4.69) is 0 Å². The number of nitro benzene ring substituents is 2. The molecule has 0 saturated carbocycles. The molecule has 0 atom stereocenters. The maximum absolute atomic E-state index is 12.3. The first-order valence-electron chi connectivity index (χ1n) is 20.8. The molecule has 446 valence electrons. The zero-order chi connectivity index (χ0) is 62.6. The van der Waals surface area contributed by atoms with E-state index in [-0.39, 0.29) is 101 Å². The average molecular weight is 1360 g/mol. The van der Waals surface area contributed by atoms with Crippen LogP contribution in [0, 0.1) is 32.4 Å². The van der Waals surface area contributed by atoms with Crippen LogP contribution in [0.3, 0.4) is 0 Å². The number of aliphatic hydroxyl groups is 3. The number of rotatable bonds is 8. The molecule has 0 aliphatic rings. The number of carbonyl (C=O) groups excluding carboxylic acids is 1. The molecule has 0 saturated heterocycles. The van der Waals surface area contributed by atoms with Crippen LogP contribution in [0.15, 0.2) is 115 Å². The summed E-state index contributed by atoms with van der Waals surface area (Å²) in [6.07, 6.45) is -26.8. The number of carboxylic acid groups (broad SMARTS) is 2. The molecule has 0 aromatic heterocycles. The second-order valence-corrected chi connectivity index (χ2v) is 14.9. The van der Waals surface area contributed by atoms with Crippen molar-refractivity contribution in [2.45, 2.75) is 56.9 Å². The van der Waals surface area contributed by atoms with Crippen LogP contribution in [0.2, 0.25) is 0 Å². The summed E-state index contributed by atoms with van der Waals surface area (Å²) in [6, 6.07) is 20.4. The van der Waals surface area contributed by atoms with Crippen molar-refractivity contribution in [2.24, 2.45) is 0 Å². The number of halogens is 18. The number of aliphatic hydroxyl groups excluding tert-OH is 3. The smallest absolute Gasteiger partial charge is 0.422 e. The van der Waals surface area contributed by atoms with Crippen LogP contribution in [0.4, 0.5) is 96.1 Å². The Morgan fingerprint density at radius 1 is 0.470 bits per heavy atom. The van der Waals surface area contributed by atoms with Crippen LogP contribution in [0.1, 0.15) is 81.1 Å². The van der Waals surface area contributed by atoms with E-state index in [1.54, 1.807) is 0 Å². The van der Waals surface area contributed by atoms with E-state index in [1.807, 2.05) is 12.1 Å². The van der Waals surface area contributed by atoms with Crippen molar-refractivity contribution < 1.29 is 194 Å². The first-order valence-corrected chi connectivity index (χ1v) is 20.8. The van der Waals surface area contributed by atoms with Crippen molar-refractivity contribution in [1.82, 2.24) is 0 Å². The van der Waals surface area contributed by atoms with Crippen molar-refractivity contribution in [3.05, 3.63) is 214 Å². The number of hydrogen-bond acceptors (Lipinski definition) is 11. The summed E-state index contributed by atoms with van der Waals surface area (Å²) in [5, 5.41) is 63.4. The van der Waals surface area contributed by atoms with Gasteiger partial charge in [-0.15, -0.1) is 5.56 Å². The van der Waals surface area contributed by atoms with Gasteiger partial charge in [-0.1, -0.05) is 28.8 Å². The Morgan fingerprint density at radius 2 is 0.831 bits per heavy atom. The van der Waals surface area contributed by atoms with Gasteiger partial charge in [-0.25, -0.2) is 9.59 Å². The standard InChI is InChI=1S/C8H4F3NO4.C8H6F3NO3.C8H8F3NO.C8H5F3O2.C8H6F3O.C8H4F3O.2Y/c9-8(10,11)5-2-1-4(7(13)14)3-6(5)12(15)16;9-8(10,11)6-2-1-5(4-13)3-7(6)12(14)15;9-8(10,11)6-2-1-5(4-13)3-7(6)12;9-8(10,11)6-3-1-5(2-4-6)7(12)13;2*9-8(10,11)7-3-1-6(5-12)2-4-7;;/h1-3H,(H,13,14);1-3,13H,4H2;1-3,13H,4,12H2;1-4H,(H,12,13);1-3,12H,5H2;1-3,5H;;/q;;;;2*-1;;. The summed E-state index contributed by atoms with van der Waals surface area (Å²) in [5.41, 5.74) is -3.42. The molecule has 6 aromatic carbocycles. The van der Waals surface area contributed by atoms with E-state index in [0.29, 0.717) is 47.7 Å². The minimum atomic E-state index is -4.89. The van der Waals surface area contributed by atoms with Gasteiger partial charge in [0, 0.05) is 89.8 Å². The topological polar surface area (TPSA) is 265 Å². The number of carbonyl (C=O) groups is 3. The van der Waals surface area contributed by atoms with E-state index in [0.717, 1.165) is 72.8 Å². The molecule has 83 heavy (non-hydrogen) atoms. The Kier molecular flexibility index (Phi) is 31.7. The minimum absolute atomic E-state index is 0. The van der Waals surface area contributed by atoms with Gasteiger partial charge in [-0.05, 0) is 65.7 Å². The molecule has 0 amide bonds. The monoisotopic (exact) mass is 1360 g/mol. The normalized spacial score (nSPS) is 11.1. The number of nitro groups is 2. The van der Waals surface area contributed by atoms with Gasteiger partial charge in [0.1, 0.15) is 11.1 Å². The molecular weight excluding hydrogens is 1330 g/mol. The van der Waals surface area contributed by atoms with Gasteiger partial charge in [0.15, 0.2) is 0 Å². The number of alkyl halides is 18. The summed E-state index contributed by atoms with van der Waals surface area (Å²) in [7, 11) is 0. The molecule has 6 rings (SSSR count). The zero-order valence-corrected chi connectivity index (χ0v) is 46.4. The molecule has 0 spiro atoms. The van der Waals surface area contributed by atoms with Crippen molar-refractivity contribution in [3.63, 3.8) is 0 Å². The summed E-state index contributed by atoms with van der Waals surface area (Å²) < 4.78 is 218. The van der Waals surface area contributed by atoms with E-state index in [9.17, 15) is 114 Å². The SMILES string of the molecule is Nc1cc(CO)ccc1C(F)(F)F.O=C(O)c1ccc(C(F)(F)F)c([N+](=O)[O-])c1.O=C(O)c1ccc(C(F)(F)F)cc1.O=Cc1c[c-]c(C(F)(F)F)cc1.O=[N+]([O-])c1cc(CO)ccc1C(F)(F)F.OCc1c[c-]c(C(F)(F)F)cc1.[Y].[Y]. The van der Waals surface area contributed by atoms with Crippen LogP contribution in [-0.4, -0.2) is 53.6 Å². The Hall–Kier alpha value is -6.64. The molecule has 0 bridgehead atoms. The molecule has 0 aliphatic heterocycles. The fraction of sp³-hybridized carbons (Fsp3) is 0.188. The first-order chi connectivity index (χ1) is 37.0. The maximum Gasteiger partial charge on any atom is 0.422 e. The molecule has 2 radical (unpaired) electrons. The number of anilines is 1. The van der Waals surface area contributed by atoms with Crippen LogP contribution >= 0.6 is 0 Å². The van der Waals surface area contributed by atoms with E-state index >= 15 is 0 Å². The van der Waals surface area contributed by atoms with Crippen molar-refractivity contribution in [2.75, 3.05) is 5.73 Å². The molecule has 0 unspecified atom stereocenters. The summed E-state index contributed by atoms with van der Waals surface area (Å²) in [4.78, 5) is 49.1. The Balaban J connectivity index is 0. The predicted octanol–water partition coefficient (Wildman–Crippen LogP) is 12.9. The third-order valence-corrected chi connectivity index (χ3v) is 9.20. The van der Waals surface area contributed by atoms with Crippen molar-refractivity contribution in [1.29, 1.82) is 0 Å². The molecule has 7 N–H and O–H groups in total. The molecular formula is C48H33F18N3O12Y2-2. The number of benzene rings is 6. The summed E-state index contributed by atoms with van der Waals surface area (Å²) in [5.74, 6) is -2.77. The maximum atomic E-state index is 12.3. The van der Waals surface area contributed by atoms with Gasteiger partial charge in [0.25, 0.3) is 11.4 Å². The van der Waals surface area contributed by atoms with Gasteiger partial charge < -0.3 is 36.1 Å². The van der Waals surface area contributed by atoms with Crippen molar-refractivity contribution >= 4 is 35.3 Å². The van der Waals surface area contributed by atoms with Crippen LogP contribution in [0.25, 0.3) is 0 Å². The number of aromatic carboxylic acids is 2. The molecule has 15 nitrogen and oxygen atoms in total. The van der Waals surface area contributed by atoms with Crippen molar-refractivity contribution in [3.8, 4) is 0 Å².